The van der Waals surface area contributed by atoms with Gasteiger partial charge in [-0.2, -0.15) is 0 Å². The molecule has 0 unspecified atom stereocenters. The van der Waals surface area contributed by atoms with Gasteiger partial charge in [0.25, 0.3) is 0 Å². The van der Waals surface area contributed by atoms with Crippen molar-refractivity contribution in [3.63, 3.8) is 0 Å². The molecule has 86 valence electrons. The van der Waals surface area contributed by atoms with E-state index in [4.69, 9.17) is 9.47 Å². The Hall–Kier alpha value is -1.90. The Bertz CT molecular complexity index is 396. The van der Waals surface area contributed by atoms with Crippen LogP contribution in [-0.4, -0.2) is 19.3 Å². The number of rotatable bonds is 5. The van der Waals surface area contributed by atoms with E-state index in [1.165, 1.54) is 0 Å². The highest BCUT2D eigenvalue weighted by Gasteiger charge is 2.13. The first-order valence-corrected chi connectivity index (χ1v) is 4.86. The van der Waals surface area contributed by atoms with E-state index in [0.29, 0.717) is 11.5 Å². The van der Waals surface area contributed by atoms with Crippen LogP contribution in [0.5, 0.6) is 11.5 Å². The molecule has 0 aliphatic rings. The van der Waals surface area contributed by atoms with Gasteiger partial charge >= 0.3 is 0 Å². The van der Waals surface area contributed by atoms with E-state index < -0.39 is 0 Å². The van der Waals surface area contributed by atoms with Gasteiger partial charge in [0.1, 0.15) is 0 Å². The smallest absolute Gasteiger partial charge is 0.161 e. The molecule has 0 radical (unpaired) electrons. The Kier molecular flexibility index (Phi) is 4.00. The second-order valence-corrected chi connectivity index (χ2v) is 3.32. The molecule has 0 amide bonds. The zero-order chi connectivity index (χ0) is 12.1. The highest BCUT2D eigenvalue weighted by atomic mass is 16.5. The highest BCUT2D eigenvalue weighted by Crippen LogP contribution is 2.32. The van der Waals surface area contributed by atoms with Gasteiger partial charge in [-0.25, -0.2) is 0 Å². The number of aliphatic hydroxyl groups excluding tert-OH is 1. The van der Waals surface area contributed by atoms with E-state index in [-0.39, 0.29) is 11.7 Å². The Balaban J connectivity index is 3.15. The summed E-state index contributed by atoms with van der Waals surface area (Å²) in [6.07, 6.45) is 1.63. The lowest BCUT2D eigenvalue weighted by atomic mass is 9.97. The summed E-state index contributed by atoms with van der Waals surface area (Å²) in [4.78, 5) is 0. The fourth-order valence-electron chi connectivity index (χ4n) is 1.51. The van der Waals surface area contributed by atoms with Crippen molar-refractivity contribution >= 4 is 0 Å². The van der Waals surface area contributed by atoms with Crippen LogP contribution in [0.25, 0.3) is 0 Å². The van der Waals surface area contributed by atoms with Gasteiger partial charge < -0.3 is 14.6 Å². The largest absolute Gasteiger partial charge is 0.512 e. The van der Waals surface area contributed by atoms with Gasteiger partial charge in [-0.05, 0) is 17.7 Å². The summed E-state index contributed by atoms with van der Waals surface area (Å²) in [6.45, 7) is 7.18. The number of methoxy groups -OCH3 is 2. The first kappa shape index (κ1) is 12.2. The lowest BCUT2D eigenvalue weighted by Gasteiger charge is -2.14. The Labute approximate surface area is 95.6 Å². The normalized spacial score (nSPS) is 11.6. The lowest BCUT2D eigenvalue weighted by molar-refractivity contribution is 0.353. The number of allylic oxidation sites excluding steroid dienone is 1. The standard InChI is InChI=1S/C13H16O3/c1-5-11(9(2)14)10-6-7-12(15-3)13(8-10)16-4/h5-8,11,14H,1-2H2,3-4H3/t11-/m1/s1. The van der Waals surface area contributed by atoms with Gasteiger partial charge in [-0.1, -0.05) is 18.7 Å². The maximum atomic E-state index is 9.42. The number of aliphatic hydroxyl groups is 1. The van der Waals surface area contributed by atoms with E-state index in [1.54, 1.807) is 32.4 Å². The minimum absolute atomic E-state index is 0.0576. The van der Waals surface area contributed by atoms with Crippen molar-refractivity contribution in [3.05, 3.63) is 48.8 Å². The molecule has 1 aromatic carbocycles. The van der Waals surface area contributed by atoms with Gasteiger partial charge in [0.2, 0.25) is 0 Å². The van der Waals surface area contributed by atoms with Crippen molar-refractivity contribution in [3.8, 4) is 11.5 Å². The third-order valence-corrected chi connectivity index (χ3v) is 2.36. The van der Waals surface area contributed by atoms with Crippen molar-refractivity contribution in [2.24, 2.45) is 0 Å². The Morgan fingerprint density at radius 3 is 2.38 bits per heavy atom. The average molecular weight is 220 g/mol. The average Bonchev–Trinajstić information content (AvgIpc) is 2.29. The molecule has 1 N–H and O–H groups in total. The van der Waals surface area contributed by atoms with Gasteiger partial charge in [0.05, 0.1) is 25.9 Å². The molecule has 0 aromatic heterocycles. The molecule has 1 atom stereocenters. The van der Waals surface area contributed by atoms with Crippen LogP contribution >= 0.6 is 0 Å². The molecule has 0 aliphatic carbocycles. The molecule has 3 heteroatoms. The Morgan fingerprint density at radius 2 is 1.94 bits per heavy atom. The number of ether oxygens (including phenoxy) is 2. The van der Waals surface area contributed by atoms with E-state index in [0.717, 1.165) is 5.56 Å². The van der Waals surface area contributed by atoms with Crippen LogP contribution in [0, 0.1) is 0 Å². The third-order valence-electron chi connectivity index (χ3n) is 2.36. The van der Waals surface area contributed by atoms with Crippen molar-refractivity contribution in [1.29, 1.82) is 0 Å². The van der Waals surface area contributed by atoms with Crippen LogP contribution in [0.3, 0.4) is 0 Å². The molecule has 0 heterocycles. The van der Waals surface area contributed by atoms with Crippen molar-refractivity contribution in [1.82, 2.24) is 0 Å². The second kappa shape index (κ2) is 5.26. The third kappa shape index (κ3) is 2.37. The predicted octanol–water partition coefficient (Wildman–Crippen LogP) is 3.05. The molecule has 1 rings (SSSR count). The molecule has 0 saturated heterocycles. The zero-order valence-electron chi connectivity index (χ0n) is 9.56. The molecular weight excluding hydrogens is 204 g/mol. The fraction of sp³-hybridized carbons (Fsp3) is 0.231. The van der Waals surface area contributed by atoms with Crippen molar-refractivity contribution in [2.45, 2.75) is 5.92 Å². The summed E-state index contributed by atoms with van der Waals surface area (Å²) in [5.74, 6) is 1.03. The lowest BCUT2D eigenvalue weighted by Crippen LogP contribution is -1.99. The van der Waals surface area contributed by atoms with Crippen LogP contribution in [0.15, 0.2) is 43.2 Å². The van der Waals surface area contributed by atoms with E-state index in [9.17, 15) is 5.11 Å². The van der Waals surface area contributed by atoms with E-state index in [2.05, 4.69) is 13.2 Å². The number of benzene rings is 1. The summed E-state index contributed by atoms with van der Waals surface area (Å²) >= 11 is 0. The molecule has 0 spiro atoms. The Morgan fingerprint density at radius 1 is 1.31 bits per heavy atom. The van der Waals surface area contributed by atoms with Gasteiger partial charge in [-0.15, -0.1) is 6.58 Å². The topological polar surface area (TPSA) is 38.7 Å². The minimum Gasteiger partial charge on any atom is -0.512 e. The van der Waals surface area contributed by atoms with Gasteiger partial charge in [-0.3, -0.25) is 0 Å². The summed E-state index contributed by atoms with van der Waals surface area (Å²) in [7, 11) is 3.14. The molecule has 0 fully saturated rings. The van der Waals surface area contributed by atoms with Crippen LogP contribution in [-0.2, 0) is 0 Å². The molecule has 16 heavy (non-hydrogen) atoms. The highest BCUT2D eigenvalue weighted by molar-refractivity contribution is 5.45. The first-order chi connectivity index (χ1) is 7.63. The van der Waals surface area contributed by atoms with E-state index in [1.807, 2.05) is 6.07 Å². The fourth-order valence-corrected chi connectivity index (χ4v) is 1.51. The second-order valence-electron chi connectivity index (χ2n) is 3.32. The molecule has 3 nitrogen and oxygen atoms in total. The van der Waals surface area contributed by atoms with Crippen LogP contribution in [0.4, 0.5) is 0 Å². The summed E-state index contributed by atoms with van der Waals surface area (Å²) in [5, 5.41) is 9.42. The van der Waals surface area contributed by atoms with E-state index >= 15 is 0 Å². The quantitative estimate of drug-likeness (QED) is 0.612. The molecular formula is C13H16O3. The summed E-state index contributed by atoms with van der Waals surface area (Å²) in [6, 6.07) is 5.43. The maximum absolute atomic E-state index is 9.42. The predicted molar refractivity (Wildman–Crippen MR) is 64.3 cm³/mol. The number of hydrogen-bond donors (Lipinski definition) is 1. The van der Waals surface area contributed by atoms with Gasteiger partial charge in [0.15, 0.2) is 11.5 Å². The van der Waals surface area contributed by atoms with Crippen molar-refractivity contribution < 1.29 is 14.6 Å². The maximum Gasteiger partial charge on any atom is 0.161 e. The van der Waals surface area contributed by atoms with Gasteiger partial charge in [0, 0.05) is 0 Å². The van der Waals surface area contributed by atoms with Crippen molar-refractivity contribution in [2.75, 3.05) is 14.2 Å². The molecule has 0 saturated carbocycles. The van der Waals surface area contributed by atoms with Crippen LogP contribution < -0.4 is 9.47 Å². The minimum atomic E-state index is -0.292. The summed E-state index contributed by atoms with van der Waals surface area (Å²) < 4.78 is 10.3. The summed E-state index contributed by atoms with van der Waals surface area (Å²) in [5.41, 5.74) is 0.861. The molecule has 0 aliphatic heterocycles. The SMILES string of the molecule is C=C[C@H](C(=C)O)c1ccc(OC)c(OC)c1. The zero-order valence-corrected chi connectivity index (χ0v) is 9.56. The van der Waals surface area contributed by atoms with Crippen LogP contribution in [0.2, 0.25) is 0 Å². The van der Waals surface area contributed by atoms with Crippen LogP contribution in [0.1, 0.15) is 11.5 Å². The monoisotopic (exact) mass is 220 g/mol. The molecule has 1 aromatic rings. The first-order valence-electron chi connectivity index (χ1n) is 4.86. The number of hydrogen-bond acceptors (Lipinski definition) is 3. The molecule has 0 bridgehead atoms.